The van der Waals surface area contributed by atoms with Crippen molar-refractivity contribution in [1.29, 1.82) is 0 Å². The predicted octanol–water partition coefficient (Wildman–Crippen LogP) is 2.50. The summed E-state index contributed by atoms with van der Waals surface area (Å²) in [7, 11) is 0. The predicted molar refractivity (Wildman–Crippen MR) is 53.3 cm³/mol. The van der Waals surface area contributed by atoms with E-state index in [9.17, 15) is 0 Å². The van der Waals surface area contributed by atoms with E-state index in [4.69, 9.17) is 0 Å². The first-order valence-electron chi connectivity index (χ1n) is 4.93. The highest BCUT2D eigenvalue weighted by Crippen LogP contribution is 2.23. The van der Waals surface area contributed by atoms with E-state index < -0.39 is 0 Å². The molecule has 1 heterocycles. The summed E-state index contributed by atoms with van der Waals surface area (Å²) < 4.78 is 0. The Bertz CT molecular complexity index is 153. The van der Waals surface area contributed by atoms with E-state index in [1.54, 1.807) is 0 Å². The summed E-state index contributed by atoms with van der Waals surface area (Å²) in [5.41, 5.74) is 0. The molecular formula is C10H20N2. The highest BCUT2D eigenvalue weighted by Gasteiger charge is 2.25. The fourth-order valence-corrected chi connectivity index (χ4v) is 1.62. The second-order valence-electron chi connectivity index (χ2n) is 4.16. The summed E-state index contributed by atoms with van der Waals surface area (Å²) in [6, 6.07) is 1.27. The lowest BCUT2D eigenvalue weighted by molar-refractivity contribution is 0.225. The molecule has 1 saturated heterocycles. The average molecular weight is 168 g/mol. The van der Waals surface area contributed by atoms with Gasteiger partial charge in [-0.1, -0.05) is 13.8 Å². The molecule has 0 amide bonds. The van der Waals surface area contributed by atoms with Crippen molar-refractivity contribution in [3.8, 4) is 0 Å². The summed E-state index contributed by atoms with van der Waals surface area (Å²) in [6.45, 7) is 8.83. The van der Waals surface area contributed by atoms with Crippen LogP contribution in [0.1, 0.15) is 40.5 Å². The molecule has 0 radical (unpaired) electrons. The third kappa shape index (κ3) is 2.23. The van der Waals surface area contributed by atoms with Crippen LogP contribution in [0.2, 0.25) is 0 Å². The lowest BCUT2D eigenvalue weighted by Gasteiger charge is -2.22. The lowest BCUT2D eigenvalue weighted by atomic mass is 10.2. The molecule has 2 atom stereocenters. The molecule has 0 saturated carbocycles. The van der Waals surface area contributed by atoms with Gasteiger partial charge < -0.3 is 0 Å². The first-order chi connectivity index (χ1) is 5.61. The number of rotatable bonds is 2. The SMILES string of the molecule is CC(C)/C=N/N1[C@H](C)CC[C@H]1C. The topological polar surface area (TPSA) is 15.6 Å². The van der Waals surface area contributed by atoms with Gasteiger partial charge in [0, 0.05) is 18.3 Å². The van der Waals surface area contributed by atoms with Crippen molar-refractivity contribution in [2.75, 3.05) is 0 Å². The van der Waals surface area contributed by atoms with Gasteiger partial charge in [-0.05, 0) is 32.6 Å². The largest absolute Gasteiger partial charge is 0.292 e. The summed E-state index contributed by atoms with van der Waals surface area (Å²) in [5.74, 6) is 0.560. The molecule has 1 aliphatic rings. The Balaban J connectivity index is 2.49. The Kier molecular flexibility index (Phi) is 3.12. The highest BCUT2D eigenvalue weighted by atomic mass is 15.5. The van der Waals surface area contributed by atoms with Crippen LogP contribution < -0.4 is 0 Å². The molecule has 0 aromatic heterocycles. The molecule has 0 aromatic rings. The van der Waals surface area contributed by atoms with Gasteiger partial charge in [-0.3, -0.25) is 5.01 Å². The van der Waals surface area contributed by atoms with E-state index in [-0.39, 0.29) is 0 Å². The van der Waals surface area contributed by atoms with Crippen LogP contribution in [-0.2, 0) is 0 Å². The molecule has 70 valence electrons. The van der Waals surface area contributed by atoms with E-state index >= 15 is 0 Å². The van der Waals surface area contributed by atoms with Crippen molar-refractivity contribution in [3.05, 3.63) is 0 Å². The van der Waals surface area contributed by atoms with Crippen molar-refractivity contribution >= 4 is 6.21 Å². The quantitative estimate of drug-likeness (QED) is 0.578. The Morgan fingerprint density at radius 2 is 1.75 bits per heavy atom. The first kappa shape index (κ1) is 9.56. The van der Waals surface area contributed by atoms with Crippen LogP contribution in [0, 0.1) is 5.92 Å². The van der Waals surface area contributed by atoms with E-state index in [1.807, 2.05) is 6.21 Å². The number of nitrogens with zero attached hydrogens (tertiary/aromatic N) is 2. The average Bonchev–Trinajstić information content (AvgIpc) is 2.28. The first-order valence-corrected chi connectivity index (χ1v) is 4.93. The molecule has 0 unspecified atom stereocenters. The number of hydrogen-bond acceptors (Lipinski definition) is 2. The van der Waals surface area contributed by atoms with Gasteiger partial charge >= 0.3 is 0 Å². The van der Waals surface area contributed by atoms with E-state index in [2.05, 4.69) is 37.8 Å². The van der Waals surface area contributed by atoms with E-state index in [1.165, 1.54) is 12.8 Å². The van der Waals surface area contributed by atoms with E-state index in [0.29, 0.717) is 18.0 Å². The number of hydrogen-bond donors (Lipinski definition) is 0. The molecule has 0 aromatic carbocycles. The molecule has 0 N–H and O–H groups in total. The van der Waals surface area contributed by atoms with E-state index in [0.717, 1.165) is 0 Å². The fourth-order valence-electron chi connectivity index (χ4n) is 1.62. The molecule has 2 heteroatoms. The van der Waals surface area contributed by atoms with Crippen LogP contribution in [0.25, 0.3) is 0 Å². The van der Waals surface area contributed by atoms with Gasteiger partial charge in [-0.15, -0.1) is 0 Å². The minimum atomic E-state index is 0.560. The Hall–Kier alpha value is -0.530. The van der Waals surface area contributed by atoms with Crippen LogP contribution in [0.4, 0.5) is 0 Å². The minimum Gasteiger partial charge on any atom is -0.292 e. The Morgan fingerprint density at radius 1 is 1.25 bits per heavy atom. The summed E-state index contributed by atoms with van der Waals surface area (Å²) >= 11 is 0. The zero-order valence-electron chi connectivity index (χ0n) is 8.62. The van der Waals surface area contributed by atoms with Crippen molar-refractivity contribution < 1.29 is 0 Å². The van der Waals surface area contributed by atoms with Crippen LogP contribution >= 0.6 is 0 Å². The Morgan fingerprint density at radius 3 is 2.17 bits per heavy atom. The lowest BCUT2D eigenvalue weighted by Crippen LogP contribution is -2.27. The summed E-state index contributed by atoms with van der Waals surface area (Å²) in [5, 5.41) is 6.73. The molecule has 1 fully saturated rings. The zero-order valence-corrected chi connectivity index (χ0v) is 8.62. The van der Waals surface area contributed by atoms with Gasteiger partial charge in [0.25, 0.3) is 0 Å². The molecule has 1 aliphatic heterocycles. The van der Waals surface area contributed by atoms with Crippen molar-refractivity contribution in [2.45, 2.75) is 52.6 Å². The summed E-state index contributed by atoms with van der Waals surface area (Å²) in [6.07, 6.45) is 4.62. The molecule has 0 aliphatic carbocycles. The van der Waals surface area contributed by atoms with Crippen LogP contribution in [0.3, 0.4) is 0 Å². The van der Waals surface area contributed by atoms with Gasteiger partial charge in [0.05, 0.1) is 0 Å². The summed E-state index contributed by atoms with van der Waals surface area (Å²) in [4.78, 5) is 0. The Labute approximate surface area is 75.6 Å². The van der Waals surface area contributed by atoms with Gasteiger partial charge in [-0.2, -0.15) is 5.10 Å². The van der Waals surface area contributed by atoms with Crippen molar-refractivity contribution in [1.82, 2.24) is 5.01 Å². The maximum Gasteiger partial charge on any atom is 0.0446 e. The van der Waals surface area contributed by atoms with Gasteiger partial charge in [0.2, 0.25) is 0 Å². The van der Waals surface area contributed by atoms with Crippen LogP contribution in [0.5, 0.6) is 0 Å². The normalized spacial score (nSPS) is 30.9. The van der Waals surface area contributed by atoms with Gasteiger partial charge in [0.1, 0.15) is 0 Å². The monoisotopic (exact) mass is 168 g/mol. The zero-order chi connectivity index (χ0) is 9.14. The third-order valence-electron chi connectivity index (χ3n) is 2.40. The molecule has 0 spiro atoms. The molecule has 0 bridgehead atoms. The molecule has 1 rings (SSSR count). The second kappa shape index (κ2) is 3.92. The highest BCUT2D eigenvalue weighted by molar-refractivity contribution is 5.59. The maximum atomic E-state index is 4.49. The van der Waals surface area contributed by atoms with Crippen molar-refractivity contribution in [3.63, 3.8) is 0 Å². The number of hydrazone groups is 1. The second-order valence-corrected chi connectivity index (χ2v) is 4.16. The minimum absolute atomic E-state index is 0.560. The van der Waals surface area contributed by atoms with Gasteiger partial charge in [-0.25, -0.2) is 0 Å². The smallest absolute Gasteiger partial charge is 0.0446 e. The van der Waals surface area contributed by atoms with Crippen LogP contribution in [-0.4, -0.2) is 23.3 Å². The standard InChI is InChI=1S/C10H20N2/c1-8(2)7-11-12-9(3)5-6-10(12)4/h7-10H,5-6H2,1-4H3/b11-7+/t9-,10-/m1/s1. The van der Waals surface area contributed by atoms with Gasteiger partial charge in [0.15, 0.2) is 0 Å². The fraction of sp³-hybridized carbons (Fsp3) is 0.900. The van der Waals surface area contributed by atoms with Crippen LogP contribution in [0.15, 0.2) is 5.10 Å². The maximum absolute atomic E-state index is 4.49. The molecular weight excluding hydrogens is 148 g/mol. The molecule has 12 heavy (non-hydrogen) atoms. The third-order valence-corrected chi connectivity index (χ3v) is 2.40. The molecule has 2 nitrogen and oxygen atoms in total. The van der Waals surface area contributed by atoms with Crippen molar-refractivity contribution in [2.24, 2.45) is 11.0 Å².